The zero-order chi connectivity index (χ0) is 15.8. The fraction of sp³-hybridized carbons (Fsp3) is 0.529. The van der Waals surface area contributed by atoms with Crippen molar-refractivity contribution in [2.45, 2.75) is 44.6 Å². The highest BCUT2D eigenvalue weighted by Gasteiger charge is 2.33. The van der Waals surface area contributed by atoms with Gasteiger partial charge in [-0.2, -0.15) is 5.26 Å². The first-order valence-corrected chi connectivity index (χ1v) is 7.75. The molecule has 1 aliphatic rings. The predicted molar refractivity (Wildman–Crippen MR) is 82.7 cm³/mol. The molecule has 5 nitrogen and oxygen atoms in total. The van der Waals surface area contributed by atoms with Crippen LogP contribution in [0.4, 0.5) is 0 Å². The second-order valence-electron chi connectivity index (χ2n) is 5.50. The molecule has 1 N–H and O–H groups in total. The Hall–Kier alpha value is -2.22. The minimum Gasteiger partial charge on any atom is -0.494 e. The van der Waals surface area contributed by atoms with Crippen molar-refractivity contribution in [3.8, 4) is 17.6 Å². The predicted octanol–water partition coefficient (Wildman–Crippen LogP) is 2.81. The van der Waals surface area contributed by atoms with Crippen LogP contribution in [-0.4, -0.2) is 24.7 Å². The molecular weight excluding hydrogens is 280 g/mol. The number of carbonyl (C=O) groups excluding carboxylic acids is 1. The lowest BCUT2D eigenvalue weighted by Crippen LogP contribution is -2.50. The van der Waals surface area contributed by atoms with Crippen molar-refractivity contribution < 1.29 is 14.3 Å². The van der Waals surface area contributed by atoms with Crippen molar-refractivity contribution in [2.75, 3.05) is 13.2 Å². The number of amides is 1. The Morgan fingerprint density at radius 1 is 1.18 bits per heavy atom. The summed E-state index contributed by atoms with van der Waals surface area (Å²) in [6, 6.07) is 9.39. The van der Waals surface area contributed by atoms with E-state index in [0.29, 0.717) is 12.4 Å². The topological polar surface area (TPSA) is 71.3 Å². The van der Waals surface area contributed by atoms with Gasteiger partial charge in [0, 0.05) is 0 Å². The van der Waals surface area contributed by atoms with Gasteiger partial charge >= 0.3 is 0 Å². The average Bonchev–Trinajstić information content (AvgIpc) is 2.55. The number of nitrogens with one attached hydrogen (secondary N) is 1. The summed E-state index contributed by atoms with van der Waals surface area (Å²) in [5, 5.41) is 12.2. The van der Waals surface area contributed by atoms with Gasteiger partial charge in [-0.25, -0.2) is 0 Å². The second kappa shape index (κ2) is 7.69. The Morgan fingerprint density at radius 2 is 1.77 bits per heavy atom. The molecule has 1 amide bonds. The summed E-state index contributed by atoms with van der Waals surface area (Å²) >= 11 is 0. The maximum absolute atomic E-state index is 12.0. The van der Waals surface area contributed by atoms with E-state index >= 15 is 0 Å². The molecule has 0 bridgehead atoms. The molecule has 1 aromatic carbocycles. The number of rotatable bonds is 6. The van der Waals surface area contributed by atoms with Crippen LogP contribution in [0.1, 0.15) is 39.0 Å². The summed E-state index contributed by atoms with van der Waals surface area (Å²) in [6.45, 7) is 2.45. The minimum absolute atomic E-state index is 0.0859. The molecule has 1 saturated carbocycles. The van der Waals surface area contributed by atoms with E-state index in [-0.39, 0.29) is 12.5 Å². The summed E-state index contributed by atoms with van der Waals surface area (Å²) < 4.78 is 10.8. The normalized spacial score (nSPS) is 16.4. The van der Waals surface area contributed by atoms with Crippen LogP contribution in [0.3, 0.4) is 0 Å². The Morgan fingerprint density at radius 3 is 2.32 bits per heavy atom. The molecular formula is C17H22N2O3. The highest BCUT2D eigenvalue weighted by Crippen LogP contribution is 2.27. The molecule has 0 atom stereocenters. The summed E-state index contributed by atoms with van der Waals surface area (Å²) in [5.41, 5.74) is -0.711. The number of nitriles is 1. The summed E-state index contributed by atoms with van der Waals surface area (Å²) in [7, 11) is 0. The van der Waals surface area contributed by atoms with Crippen molar-refractivity contribution in [2.24, 2.45) is 0 Å². The van der Waals surface area contributed by atoms with Crippen molar-refractivity contribution >= 4 is 5.91 Å². The first kappa shape index (κ1) is 16.2. The van der Waals surface area contributed by atoms with Crippen LogP contribution in [0, 0.1) is 11.3 Å². The van der Waals surface area contributed by atoms with Crippen molar-refractivity contribution in [3.63, 3.8) is 0 Å². The molecule has 0 spiro atoms. The Kier molecular flexibility index (Phi) is 5.65. The number of hydrogen-bond donors (Lipinski definition) is 1. The van der Waals surface area contributed by atoms with Gasteiger partial charge in [-0.15, -0.1) is 0 Å². The van der Waals surface area contributed by atoms with Crippen LogP contribution < -0.4 is 14.8 Å². The molecule has 2 rings (SSSR count). The fourth-order valence-electron chi connectivity index (χ4n) is 2.67. The highest BCUT2D eigenvalue weighted by atomic mass is 16.5. The lowest BCUT2D eigenvalue weighted by Gasteiger charge is -2.31. The van der Waals surface area contributed by atoms with Crippen LogP contribution in [0.25, 0.3) is 0 Å². The average molecular weight is 302 g/mol. The molecule has 0 aromatic heterocycles. The zero-order valence-corrected chi connectivity index (χ0v) is 12.9. The molecule has 1 fully saturated rings. The molecule has 5 heteroatoms. The quantitative estimate of drug-likeness (QED) is 0.877. The zero-order valence-electron chi connectivity index (χ0n) is 12.9. The van der Waals surface area contributed by atoms with Gasteiger partial charge in [0.1, 0.15) is 17.0 Å². The van der Waals surface area contributed by atoms with Crippen molar-refractivity contribution in [3.05, 3.63) is 24.3 Å². The number of hydrogen-bond acceptors (Lipinski definition) is 4. The third-order valence-corrected chi connectivity index (χ3v) is 3.80. The van der Waals surface area contributed by atoms with E-state index in [1.807, 2.05) is 6.92 Å². The van der Waals surface area contributed by atoms with Crippen LogP contribution in [0.15, 0.2) is 24.3 Å². The summed E-state index contributed by atoms with van der Waals surface area (Å²) in [4.78, 5) is 12.0. The van der Waals surface area contributed by atoms with Crippen LogP contribution in [0.2, 0.25) is 0 Å². The van der Waals surface area contributed by atoms with E-state index in [9.17, 15) is 10.1 Å². The molecule has 0 radical (unpaired) electrons. The molecule has 22 heavy (non-hydrogen) atoms. The maximum Gasteiger partial charge on any atom is 0.259 e. The number of nitrogens with zero attached hydrogens (tertiary/aromatic N) is 1. The Bertz CT molecular complexity index is 528. The van der Waals surface area contributed by atoms with E-state index in [1.54, 1.807) is 24.3 Å². The molecule has 0 heterocycles. The first-order valence-electron chi connectivity index (χ1n) is 7.75. The van der Waals surface area contributed by atoms with E-state index in [0.717, 1.165) is 37.9 Å². The van der Waals surface area contributed by atoms with Gasteiger partial charge in [0.2, 0.25) is 0 Å². The molecule has 118 valence electrons. The first-order chi connectivity index (χ1) is 10.7. The SMILES string of the molecule is CCOc1ccc(OCC(=O)NC2(C#N)CCCCC2)cc1. The van der Waals surface area contributed by atoms with Crippen molar-refractivity contribution in [1.29, 1.82) is 5.26 Å². The van der Waals surface area contributed by atoms with Crippen LogP contribution >= 0.6 is 0 Å². The van der Waals surface area contributed by atoms with Gasteiger partial charge in [0.05, 0.1) is 12.7 Å². The van der Waals surface area contributed by atoms with E-state index in [1.165, 1.54) is 0 Å². The van der Waals surface area contributed by atoms with Gasteiger partial charge < -0.3 is 14.8 Å². The van der Waals surface area contributed by atoms with Crippen molar-refractivity contribution in [1.82, 2.24) is 5.32 Å². The number of carbonyl (C=O) groups is 1. The molecule has 0 saturated heterocycles. The molecule has 1 aromatic rings. The third-order valence-electron chi connectivity index (χ3n) is 3.80. The lowest BCUT2D eigenvalue weighted by atomic mass is 9.83. The molecule has 0 unspecified atom stereocenters. The third kappa shape index (κ3) is 4.39. The Balaban J connectivity index is 1.83. The summed E-state index contributed by atoms with van der Waals surface area (Å²) in [5.74, 6) is 1.12. The Labute approximate surface area is 131 Å². The molecule has 0 aliphatic heterocycles. The standard InChI is InChI=1S/C17H22N2O3/c1-2-21-14-6-8-15(9-7-14)22-12-16(20)19-17(13-18)10-4-3-5-11-17/h6-9H,2-5,10-12H2,1H3,(H,19,20). The fourth-order valence-corrected chi connectivity index (χ4v) is 2.67. The molecule has 1 aliphatic carbocycles. The van der Waals surface area contributed by atoms with Gasteiger partial charge in [-0.3, -0.25) is 4.79 Å². The summed E-state index contributed by atoms with van der Waals surface area (Å²) in [6.07, 6.45) is 4.53. The largest absolute Gasteiger partial charge is 0.494 e. The van der Waals surface area contributed by atoms with Crippen LogP contribution in [-0.2, 0) is 4.79 Å². The second-order valence-corrected chi connectivity index (χ2v) is 5.50. The van der Waals surface area contributed by atoms with E-state index in [4.69, 9.17) is 9.47 Å². The smallest absolute Gasteiger partial charge is 0.259 e. The lowest BCUT2D eigenvalue weighted by molar-refractivity contribution is -0.124. The van der Waals surface area contributed by atoms with E-state index < -0.39 is 5.54 Å². The van der Waals surface area contributed by atoms with Crippen LogP contribution in [0.5, 0.6) is 11.5 Å². The van der Waals surface area contributed by atoms with Gasteiger partial charge in [0.15, 0.2) is 6.61 Å². The highest BCUT2D eigenvalue weighted by molar-refractivity contribution is 5.78. The monoisotopic (exact) mass is 302 g/mol. The number of ether oxygens (including phenoxy) is 2. The number of benzene rings is 1. The van der Waals surface area contributed by atoms with E-state index in [2.05, 4.69) is 11.4 Å². The van der Waals surface area contributed by atoms with Gasteiger partial charge in [-0.05, 0) is 44.0 Å². The van der Waals surface area contributed by atoms with Gasteiger partial charge in [0.25, 0.3) is 5.91 Å². The van der Waals surface area contributed by atoms with Gasteiger partial charge in [-0.1, -0.05) is 19.3 Å². The minimum atomic E-state index is -0.711. The maximum atomic E-state index is 12.0.